The fraction of sp³-hybridized carbons (Fsp3) is 0.333. The largest absolute Gasteiger partial charge is 0.493 e. The maximum atomic E-state index is 11.7. The molecule has 4 aromatic rings. The number of aromatic nitrogens is 4. The highest BCUT2D eigenvalue weighted by atomic mass is 16.5. The molecule has 3 aromatic heterocycles. The topological polar surface area (TPSA) is 123 Å². The van der Waals surface area contributed by atoms with Crippen LogP contribution in [-0.2, 0) is 17.6 Å². The maximum absolute atomic E-state index is 11.7. The molecule has 3 N–H and O–H groups in total. The molecule has 10 nitrogen and oxygen atoms in total. The Balaban J connectivity index is 1.19. The molecule has 0 saturated carbocycles. The van der Waals surface area contributed by atoms with Gasteiger partial charge in [-0.05, 0) is 54.8 Å². The van der Waals surface area contributed by atoms with Crippen molar-refractivity contribution in [1.29, 1.82) is 0 Å². The molecular formula is C27H28N6O4. The van der Waals surface area contributed by atoms with Crippen molar-refractivity contribution in [2.75, 3.05) is 36.9 Å². The number of benzene rings is 1. The quantitative estimate of drug-likeness (QED) is 0.332. The predicted molar refractivity (Wildman–Crippen MR) is 139 cm³/mol. The second-order valence-corrected chi connectivity index (χ2v) is 9.24. The van der Waals surface area contributed by atoms with Gasteiger partial charge < -0.3 is 25.2 Å². The van der Waals surface area contributed by atoms with Crippen molar-refractivity contribution >= 4 is 28.4 Å². The second-order valence-electron chi connectivity index (χ2n) is 9.24. The molecule has 0 aliphatic carbocycles. The van der Waals surface area contributed by atoms with E-state index >= 15 is 0 Å². The first-order valence-electron chi connectivity index (χ1n) is 12.6. The zero-order valence-electron chi connectivity index (χ0n) is 20.3. The number of ether oxygens (including phenoxy) is 2. The van der Waals surface area contributed by atoms with Crippen molar-refractivity contribution in [3.63, 3.8) is 0 Å². The van der Waals surface area contributed by atoms with Crippen molar-refractivity contribution in [2.24, 2.45) is 0 Å². The Morgan fingerprint density at radius 1 is 1.16 bits per heavy atom. The van der Waals surface area contributed by atoms with E-state index < -0.39 is 12.0 Å². The van der Waals surface area contributed by atoms with Gasteiger partial charge in [0.05, 0.1) is 48.7 Å². The molecule has 5 heterocycles. The van der Waals surface area contributed by atoms with E-state index in [0.717, 1.165) is 58.7 Å². The summed E-state index contributed by atoms with van der Waals surface area (Å²) in [7, 11) is 0. The molecule has 0 radical (unpaired) electrons. The highest BCUT2D eigenvalue weighted by Gasteiger charge is 2.23. The van der Waals surface area contributed by atoms with Crippen molar-refractivity contribution in [2.45, 2.75) is 31.7 Å². The minimum atomic E-state index is -0.920. The van der Waals surface area contributed by atoms with Gasteiger partial charge in [0.25, 0.3) is 0 Å². The van der Waals surface area contributed by atoms with Crippen LogP contribution in [0.25, 0.3) is 10.9 Å². The van der Waals surface area contributed by atoms with Crippen LogP contribution in [-0.4, -0.2) is 57.1 Å². The monoisotopic (exact) mass is 500 g/mol. The number of rotatable bonds is 8. The molecule has 6 rings (SSSR count). The SMILES string of the molecule is O=C(O)CC(c1cnc2c(c1)OCCN2)n1ncc2cc(OCCc3ccc4c(n3)CCCN4)ccc21. The van der Waals surface area contributed by atoms with Crippen LogP contribution in [0.1, 0.15) is 35.8 Å². The summed E-state index contributed by atoms with van der Waals surface area (Å²) in [4.78, 5) is 20.9. The van der Waals surface area contributed by atoms with Crippen LogP contribution in [0.4, 0.5) is 11.5 Å². The van der Waals surface area contributed by atoms with Gasteiger partial charge in [0, 0.05) is 30.2 Å². The molecule has 0 fully saturated rings. The van der Waals surface area contributed by atoms with E-state index in [0.29, 0.717) is 37.7 Å². The summed E-state index contributed by atoms with van der Waals surface area (Å²) < 4.78 is 13.5. The third-order valence-electron chi connectivity index (χ3n) is 6.71. The van der Waals surface area contributed by atoms with Gasteiger partial charge in [-0.25, -0.2) is 4.98 Å². The minimum absolute atomic E-state index is 0.133. The molecule has 0 bridgehead atoms. The predicted octanol–water partition coefficient (Wildman–Crippen LogP) is 3.67. The van der Waals surface area contributed by atoms with Crippen LogP contribution in [0.15, 0.2) is 48.8 Å². The molecule has 2 aliphatic rings. The van der Waals surface area contributed by atoms with E-state index in [1.807, 2.05) is 30.3 Å². The normalized spacial score (nSPS) is 15.0. The molecule has 1 unspecified atom stereocenters. The molecule has 2 aliphatic heterocycles. The number of carboxylic acid groups (broad SMARTS) is 1. The molecule has 1 aromatic carbocycles. The third-order valence-corrected chi connectivity index (χ3v) is 6.71. The van der Waals surface area contributed by atoms with Crippen LogP contribution in [0.3, 0.4) is 0 Å². The molecule has 0 saturated heterocycles. The van der Waals surface area contributed by atoms with Crippen LogP contribution in [0, 0.1) is 0 Å². The number of pyridine rings is 2. The lowest BCUT2D eigenvalue weighted by Gasteiger charge is -2.22. The highest BCUT2D eigenvalue weighted by molar-refractivity contribution is 5.81. The van der Waals surface area contributed by atoms with Gasteiger partial charge in [-0.2, -0.15) is 5.10 Å². The fourth-order valence-corrected chi connectivity index (χ4v) is 4.89. The fourth-order valence-electron chi connectivity index (χ4n) is 4.89. The first-order chi connectivity index (χ1) is 18.1. The van der Waals surface area contributed by atoms with E-state index in [9.17, 15) is 9.90 Å². The lowest BCUT2D eigenvalue weighted by Crippen LogP contribution is -2.21. The first-order valence-corrected chi connectivity index (χ1v) is 12.6. The standard InChI is InChI=1S/C27H28N6O4/c34-26(35)14-24(18-13-25-27(30-15-18)29-9-11-37-25)33-23-6-4-20(12-17(23)16-31-33)36-10-7-19-3-5-21-22(32-19)2-1-8-28-21/h3-6,12-13,15-16,24,28H,1-2,7-11,14H2,(H,29,30)(H,34,35). The summed E-state index contributed by atoms with van der Waals surface area (Å²) in [6.45, 7) is 2.74. The number of fused-ring (bicyclic) bond motifs is 3. The van der Waals surface area contributed by atoms with Gasteiger partial charge >= 0.3 is 5.97 Å². The smallest absolute Gasteiger partial charge is 0.305 e. The van der Waals surface area contributed by atoms with Gasteiger partial charge in [0.2, 0.25) is 0 Å². The summed E-state index contributed by atoms with van der Waals surface area (Å²) >= 11 is 0. The van der Waals surface area contributed by atoms with Crippen molar-refractivity contribution in [3.8, 4) is 11.5 Å². The summed E-state index contributed by atoms with van der Waals surface area (Å²) in [6, 6.07) is 11.2. The molecule has 0 amide bonds. The second kappa shape index (κ2) is 9.96. The zero-order chi connectivity index (χ0) is 25.2. The zero-order valence-corrected chi connectivity index (χ0v) is 20.3. The van der Waals surface area contributed by atoms with Crippen molar-refractivity contribution in [3.05, 3.63) is 65.7 Å². The van der Waals surface area contributed by atoms with Crippen LogP contribution >= 0.6 is 0 Å². The Hall–Kier alpha value is -4.34. The average Bonchev–Trinajstić information content (AvgIpc) is 3.34. The Labute approximate surface area is 213 Å². The number of nitrogens with zero attached hydrogens (tertiary/aromatic N) is 4. The first kappa shape index (κ1) is 23.1. The van der Waals surface area contributed by atoms with Gasteiger partial charge in [-0.15, -0.1) is 0 Å². The number of carbonyl (C=O) groups is 1. The van der Waals surface area contributed by atoms with Gasteiger partial charge in [-0.1, -0.05) is 0 Å². The Morgan fingerprint density at radius 2 is 2.11 bits per heavy atom. The molecule has 1 atom stereocenters. The summed E-state index contributed by atoms with van der Waals surface area (Å²) in [6.07, 6.45) is 6.11. The number of aliphatic carboxylic acids is 1. The average molecular weight is 501 g/mol. The van der Waals surface area contributed by atoms with Crippen LogP contribution in [0.2, 0.25) is 0 Å². The minimum Gasteiger partial charge on any atom is -0.493 e. The van der Waals surface area contributed by atoms with E-state index in [-0.39, 0.29) is 6.42 Å². The molecular weight excluding hydrogens is 472 g/mol. The van der Waals surface area contributed by atoms with Crippen LogP contribution in [0.5, 0.6) is 11.5 Å². The number of anilines is 2. The summed E-state index contributed by atoms with van der Waals surface area (Å²) in [5.41, 5.74) is 4.83. The number of hydrogen-bond acceptors (Lipinski definition) is 8. The lowest BCUT2D eigenvalue weighted by atomic mass is 10.0. The number of carboxylic acids is 1. The van der Waals surface area contributed by atoms with Crippen molar-refractivity contribution in [1.82, 2.24) is 19.7 Å². The van der Waals surface area contributed by atoms with E-state index in [1.165, 1.54) is 0 Å². The lowest BCUT2D eigenvalue weighted by molar-refractivity contribution is -0.137. The van der Waals surface area contributed by atoms with E-state index in [1.54, 1.807) is 17.1 Å². The van der Waals surface area contributed by atoms with Crippen LogP contribution < -0.4 is 20.1 Å². The third kappa shape index (κ3) is 4.87. The maximum Gasteiger partial charge on any atom is 0.305 e. The Kier molecular flexibility index (Phi) is 6.21. The number of hydrogen-bond donors (Lipinski definition) is 3. The van der Waals surface area contributed by atoms with Gasteiger partial charge in [-0.3, -0.25) is 14.5 Å². The number of nitrogens with one attached hydrogen (secondary N) is 2. The summed E-state index contributed by atoms with van der Waals surface area (Å²) in [5, 5.41) is 21.6. The van der Waals surface area contributed by atoms with E-state index in [4.69, 9.17) is 14.5 Å². The summed E-state index contributed by atoms with van der Waals surface area (Å²) in [5.74, 6) is 1.10. The molecule has 10 heteroatoms. The molecule has 190 valence electrons. The highest BCUT2D eigenvalue weighted by Crippen LogP contribution is 2.33. The van der Waals surface area contributed by atoms with Crippen molar-refractivity contribution < 1.29 is 19.4 Å². The Bertz CT molecular complexity index is 1450. The van der Waals surface area contributed by atoms with Gasteiger partial charge in [0.1, 0.15) is 12.4 Å². The van der Waals surface area contributed by atoms with Gasteiger partial charge in [0.15, 0.2) is 11.6 Å². The molecule has 37 heavy (non-hydrogen) atoms. The molecule has 0 spiro atoms. The Morgan fingerprint density at radius 3 is 3.03 bits per heavy atom. The van der Waals surface area contributed by atoms with E-state index in [2.05, 4.69) is 26.8 Å². The number of aryl methyl sites for hydroxylation is 1.